The standard InChI is InChI=1S/C12H13N3O2/c1-9-11(12(17)14(2)13-9)15(8-16)10-6-4-3-5-7-10/h3-8,13H,1-2H3. The van der Waals surface area contributed by atoms with Crippen molar-refractivity contribution in [2.75, 3.05) is 4.90 Å². The van der Waals surface area contributed by atoms with Crippen molar-refractivity contribution >= 4 is 17.8 Å². The number of aromatic amines is 1. The molecule has 0 radical (unpaired) electrons. The topological polar surface area (TPSA) is 58.1 Å². The minimum atomic E-state index is -0.224. The number of aryl methyl sites for hydroxylation is 2. The van der Waals surface area contributed by atoms with Gasteiger partial charge >= 0.3 is 0 Å². The van der Waals surface area contributed by atoms with E-state index in [2.05, 4.69) is 5.10 Å². The molecule has 17 heavy (non-hydrogen) atoms. The van der Waals surface area contributed by atoms with Crippen LogP contribution in [0.5, 0.6) is 0 Å². The van der Waals surface area contributed by atoms with Gasteiger partial charge in [0, 0.05) is 12.7 Å². The molecule has 0 aliphatic heterocycles. The van der Waals surface area contributed by atoms with E-state index in [4.69, 9.17) is 0 Å². The molecule has 0 bridgehead atoms. The van der Waals surface area contributed by atoms with Crippen molar-refractivity contribution in [3.63, 3.8) is 0 Å². The summed E-state index contributed by atoms with van der Waals surface area (Å²) in [5, 5.41) is 2.86. The largest absolute Gasteiger partial charge is 0.298 e. The molecule has 1 heterocycles. The van der Waals surface area contributed by atoms with Crippen LogP contribution in [0.2, 0.25) is 0 Å². The number of nitrogens with one attached hydrogen (secondary N) is 1. The number of anilines is 2. The van der Waals surface area contributed by atoms with Gasteiger partial charge in [0.2, 0.25) is 6.41 Å². The van der Waals surface area contributed by atoms with Gasteiger partial charge in [0.1, 0.15) is 5.69 Å². The smallest absolute Gasteiger partial charge is 0.290 e. The Morgan fingerprint density at radius 3 is 2.41 bits per heavy atom. The van der Waals surface area contributed by atoms with Crippen LogP contribution < -0.4 is 10.5 Å². The van der Waals surface area contributed by atoms with Crippen molar-refractivity contribution in [2.24, 2.45) is 7.05 Å². The second-order valence-corrected chi connectivity index (χ2v) is 3.76. The van der Waals surface area contributed by atoms with Crippen molar-refractivity contribution in [3.8, 4) is 0 Å². The lowest BCUT2D eigenvalue weighted by molar-refractivity contribution is -0.106. The normalized spacial score (nSPS) is 10.2. The van der Waals surface area contributed by atoms with Crippen molar-refractivity contribution in [3.05, 3.63) is 46.4 Å². The average molecular weight is 231 g/mol. The molecule has 5 nitrogen and oxygen atoms in total. The van der Waals surface area contributed by atoms with Gasteiger partial charge in [-0.1, -0.05) is 18.2 Å². The highest BCUT2D eigenvalue weighted by Crippen LogP contribution is 2.22. The summed E-state index contributed by atoms with van der Waals surface area (Å²) < 4.78 is 1.35. The summed E-state index contributed by atoms with van der Waals surface area (Å²) in [5.41, 5.74) is 1.46. The lowest BCUT2D eigenvalue weighted by Gasteiger charge is -2.15. The minimum Gasteiger partial charge on any atom is -0.298 e. The third-order valence-electron chi connectivity index (χ3n) is 2.58. The Balaban J connectivity index is 2.58. The third-order valence-corrected chi connectivity index (χ3v) is 2.58. The van der Waals surface area contributed by atoms with Crippen LogP contribution in [0.1, 0.15) is 5.69 Å². The highest BCUT2D eigenvalue weighted by Gasteiger charge is 2.17. The summed E-state index contributed by atoms with van der Waals surface area (Å²) in [6, 6.07) is 9.05. The Morgan fingerprint density at radius 1 is 1.29 bits per heavy atom. The van der Waals surface area contributed by atoms with Gasteiger partial charge in [-0.15, -0.1) is 0 Å². The van der Waals surface area contributed by atoms with Gasteiger partial charge in [-0.3, -0.25) is 24.3 Å². The summed E-state index contributed by atoms with van der Waals surface area (Å²) in [4.78, 5) is 24.4. The number of H-pyrrole nitrogens is 1. The van der Waals surface area contributed by atoms with Gasteiger partial charge in [-0.05, 0) is 19.1 Å². The number of nitrogens with zero attached hydrogens (tertiary/aromatic N) is 2. The quantitative estimate of drug-likeness (QED) is 0.810. The molecule has 1 N–H and O–H groups in total. The maximum absolute atomic E-state index is 11.9. The van der Waals surface area contributed by atoms with Crippen LogP contribution in [0, 0.1) is 6.92 Å². The van der Waals surface area contributed by atoms with Gasteiger partial charge < -0.3 is 0 Å². The van der Waals surface area contributed by atoms with Crippen LogP contribution in [0.3, 0.4) is 0 Å². The molecule has 0 spiro atoms. The molecule has 0 atom stereocenters. The first-order chi connectivity index (χ1) is 8.15. The summed E-state index contributed by atoms with van der Waals surface area (Å²) in [6.07, 6.45) is 0.646. The van der Waals surface area contributed by atoms with E-state index < -0.39 is 0 Å². The Kier molecular flexibility index (Phi) is 2.82. The zero-order valence-corrected chi connectivity index (χ0v) is 9.68. The summed E-state index contributed by atoms with van der Waals surface area (Å²) in [7, 11) is 1.62. The number of benzene rings is 1. The SMILES string of the molecule is Cc1[nH]n(C)c(=O)c1N(C=O)c1ccccc1. The predicted octanol–water partition coefficient (Wildman–Crippen LogP) is 1.32. The number of rotatable bonds is 3. The monoisotopic (exact) mass is 231 g/mol. The van der Waals surface area contributed by atoms with E-state index in [0.29, 0.717) is 23.5 Å². The number of para-hydroxylation sites is 1. The van der Waals surface area contributed by atoms with Crippen molar-refractivity contribution in [1.82, 2.24) is 9.78 Å². The van der Waals surface area contributed by atoms with E-state index in [1.807, 2.05) is 18.2 Å². The number of amides is 1. The zero-order chi connectivity index (χ0) is 12.4. The van der Waals surface area contributed by atoms with Crippen molar-refractivity contribution < 1.29 is 4.79 Å². The molecule has 0 fully saturated rings. The second kappa shape index (κ2) is 4.29. The first-order valence-electron chi connectivity index (χ1n) is 5.20. The molecule has 0 saturated heterocycles. The molecule has 2 aromatic rings. The maximum Gasteiger partial charge on any atom is 0.290 e. The fourth-order valence-electron chi connectivity index (χ4n) is 1.79. The highest BCUT2D eigenvalue weighted by molar-refractivity contribution is 5.86. The molecule has 0 saturated carbocycles. The number of hydrogen-bond acceptors (Lipinski definition) is 2. The van der Waals surface area contributed by atoms with Crippen LogP contribution in [0.25, 0.3) is 0 Å². The first-order valence-corrected chi connectivity index (χ1v) is 5.20. The van der Waals surface area contributed by atoms with E-state index in [9.17, 15) is 9.59 Å². The van der Waals surface area contributed by atoms with E-state index >= 15 is 0 Å². The Labute approximate surface area is 98.3 Å². The second-order valence-electron chi connectivity index (χ2n) is 3.76. The molecule has 0 aliphatic carbocycles. The maximum atomic E-state index is 11.9. The molecule has 1 aromatic heterocycles. The van der Waals surface area contributed by atoms with Crippen molar-refractivity contribution in [2.45, 2.75) is 6.92 Å². The van der Waals surface area contributed by atoms with Crippen LogP contribution in [0.15, 0.2) is 35.1 Å². The number of hydrogen-bond donors (Lipinski definition) is 1. The fourth-order valence-corrected chi connectivity index (χ4v) is 1.79. The van der Waals surface area contributed by atoms with E-state index in [-0.39, 0.29) is 5.56 Å². The molecule has 2 rings (SSSR count). The zero-order valence-electron chi connectivity index (χ0n) is 9.68. The lowest BCUT2D eigenvalue weighted by atomic mass is 10.2. The van der Waals surface area contributed by atoms with E-state index in [0.717, 1.165) is 0 Å². The van der Waals surface area contributed by atoms with Crippen LogP contribution in [-0.4, -0.2) is 16.2 Å². The van der Waals surface area contributed by atoms with Crippen LogP contribution in [0.4, 0.5) is 11.4 Å². The minimum absolute atomic E-state index is 0.224. The molecular formula is C12H13N3O2. The Bertz CT molecular complexity index is 584. The van der Waals surface area contributed by atoms with Gasteiger partial charge in [-0.25, -0.2) is 0 Å². The summed E-state index contributed by atoms with van der Waals surface area (Å²) in [6.45, 7) is 1.76. The molecule has 0 aliphatic rings. The van der Waals surface area contributed by atoms with Crippen molar-refractivity contribution in [1.29, 1.82) is 0 Å². The number of carbonyl (C=O) groups is 1. The number of aromatic nitrogens is 2. The van der Waals surface area contributed by atoms with Gasteiger partial charge in [0.05, 0.1) is 5.69 Å². The average Bonchev–Trinajstić information content (AvgIpc) is 2.58. The van der Waals surface area contributed by atoms with Crippen LogP contribution >= 0.6 is 0 Å². The van der Waals surface area contributed by atoms with Gasteiger partial charge in [0.25, 0.3) is 5.56 Å². The molecule has 0 unspecified atom stereocenters. The molecule has 5 heteroatoms. The van der Waals surface area contributed by atoms with E-state index in [1.165, 1.54) is 9.58 Å². The summed E-state index contributed by atoms with van der Waals surface area (Å²) >= 11 is 0. The Hall–Kier alpha value is -2.30. The van der Waals surface area contributed by atoms with Gasteiger partial charge in [0.15, 0.2) is 0 Å². The lowest BCUT2D eigenvalue weighted by Crippen LogP contribution is -2.23. The fraction of sp³-hybridized carbons (Fsp3) is 0.167. The van der Waals surface area contributed by atoms with Gasteiger partial charge in [-0.2, -0.15) is 0 Å². The Morgan fingerprint density at radius 2 is 1.94 bits per heavy atom. The third kappa shape index (κ3) is 1.87. The molecule has 1 amide bonds. The predicted molar refractivity (Wildman–Crippen MR) is 65.4 cm³/mol. The van der Waals surface area contributed by atoms with E-state index in [1.54, 1.807) is 26.1 Å². The molecular weight excluding hydrogens is 218 g/mol. The first kappa shape index (κ1) is 11.2. The van der Waals surface area contributed by atoms with Crippen LogP contribution in [-0.2, 0) is 11.8 Å². The highest BCUT2D eigenvalue weighted by atomic mass is 16.1. The number of carbonyl (C=O) groups excluding carboxylic acids is 1. The summed E-state index contributed by atoms with van der Waals surface area (Å²) in [5.74, 6) is 0. The molecule has 1 aromatic carbocycles. The molecule has 88 valence electrons.